The van der Waals surface area contributed by atoms with E-state index in [1.807, 2.05) is 0 Å². The minimum Gasteiger partial charge on any atom is -0.335 e. The standard InChI is InChI=1S/C16H29N3O/c1-18-11-9-15-13(12-18)6-5-10-19(15)16(20)17-14-7-3-2-4-8-14/h13-15H,2-12H2,1H3,(H,17,20). The topological polar surface area (TPSA) is 35.6 Å². The average molecular weight is 279 g/mol. The summed E-state index contributed by atoms with van der Waals surface area (Å²) >= 11 is 0. The molecule has 2 saturated heterocycles. The van der Waals surface area contributed by atoms with Crippen LogP contribution in [0.5, 0.6) is 0 Å². The van der Waals surface area contributed by atoms with E-state index in [9.17, 15) is 4.79 Å². The van der Waals surface area contributed by atoms with Gasteiger partial charge in [0.2, 0.25) is 0 Å². The zero-order valence-electron chi connectivity index (χ0n) is 12.8. The Labute approximate surface area is 122 Å². The molecule has 3 rings (SSSR count). The van der Waals surface area contributed by atoms with E-state index in [0.29, 0.717) is 18.0 Å². The molecule has 2 atom stereocenters. The number of likely N-dealkylation sites (tertiary alicyclic amines) is 2. The lowest BCUT2D eigenvalue weighted by molar-refractivity contribution is 0.0519. The molecule has 3 aliphatic rings. The Hall–Kier alpha value is -0.770. The Morgan fingerprint density at radius 3 is 2.60 bits per heavy atom. The molecule has 2 heterocycles. The van der Waals surface area contributed by atoms with Gasteiger partial charge in [-0.3, -0.25) is 0 Å². The summed E-state index contributed by atoms with van der Waals surface area (Å²) in [5.74, 6) is 0.694. The molecule has 4 heteroatoms. The molecule has 2 aliphatic heterocycles. The monoisotopic (exact) mass is 279 g/mol. The largest absolute Gasteiger partial charge is 0.335 e. The normalized spacial score (nSPS) is 32.8. The van der Waals surface area contributed by atoms with Crippen LogP contribution in [0.25, 0.3) is 0 Å². The second-order valence-corrected chi connectivity index (χ2v) is 7.00. The van der Waals surface area contributed by atoms with Gasteiger partial charge in [0.15, 0.2) is 0 Å². The fourth-order valence-corrected chi connectivity index (χ4v) is 4.34. The zero-order valence-corrected chi connectivity index (χ0v) is 12.8. The van der Waals surface area contributed by atoms with Crippen molar-refractivity contribution in [3.05, 3.63) is 0 Å². The van der Waals surface area contributed by atoms with E-state index in [1.54, 1.807) is 0 Å². The maximum atomic E-state index is 12.6. The highest BCUT2D eigenvalue weighted by atomic mass is 16.2. The lowest BCUT2D eigenvalue weighted by Gasteiger charge is -2.46. The molecule has 1 aliphatic carbocycles. The van der Waals surface area contributed by atoms with Gasteiger partial charge in [0.1, 0.15) is 0 Å². The minimum atomic E-state index is 0.219. The van der Waals surface area contributed by atoms with Crippen LogP contribution < -0.4 is 5.32 Å². The van der Waals surface area contributed by atoms with Crippen LogP contribution in [0.1, 0.15) is 51.4 Å². The van der Waals surface area contributed by atoms with Crippen molar-refractivity contribution < 1.29 is 4.79 Å². The molecule has 0 aromatic carbocycles. The van der Waals surface area contributed by atoms with Crippen LogP contribution in [0.15, 0.2) is 0 Å². The summed E-state index contributed by atoms with van der Waals surface area (Å²) in [5.41, 5.74) is 0. The Kier molecular flexibility index (Phi) is 4.49. The van der Waals surface area contributed by atoms with Gasteiger partial charge in [-0.05, 0) is 51.6 Å². The van der Waals surface area contributed by atoms with Crippen LogP contribution >= 0.6 is 0 Å². The number of nitrogens with one attached hydrogen (secondary N) is 1. The number of fused-ring (bicyclic) bond motifs is 1. The molecular formula is C16H29N3O. The molecule has 0 radical (unpaired) electrons. The number of carbonyl (C=O) groups is 1. The number of carbonyl (C=O) groups excluding carboxylic acids is 1. The fourth-order valence-electron chi connectivity index (χ4n) is 4.34. The van der Waals surface area contributed by atoms with Gasteiger partial charge >= 0.3 is 6.03 Å². The van der Waals surface area contributed by atoms with Crippen LogP contribution in [0.3, 0.4) is 0 Å². The number of hydrogen-bond donors (Lipinski definition) is 1. The Morgan fingerprint density at radius 1 is 1.00 bits per heavy atom. The SMILES string of the molecule is CN1CCC2C(CCCN2C(=O)NC2CCCCC2)C1. The first-order valence-corrected chi connectivity index (χ1v) is 8.50. The molecule has 3 fully saturated rings. The molecule has 0 bridgehead atoms. The van der Waals surface area contributed by atoms with E-state index in [4.69, 9.17) is 0 Å². The van der Waals surface area contributed by atoms with Crippen LogP contribution in [0.2, 0.25) is 0 Å². The molecule has 2 unspecified atom stereocenters. The molecule has 0 aromatic heterocycles. The zero-order chi connectivity index (χ0) is 13.9. The first-order valence-electron chi connectivity index (χ1n) is 8.50. The van der Waals surface area contributed by atoms with E-state index >= 15 is 0 Å². The van der Waals surface area contributed by atoms with Crippen LogP contribution in [-0.4, -0.2) is 54.6 Å². The number of nitrogens with zero attached hydrogens (tertiary/aromatic N) is 2. The number of rotatable bonds is 1. The maximum Gasteiger partial charge on any atom is 0.317 e. The molecule has 4 nitrogen and oxygen atoms in total. The van der Waals surface area contributed by atoms with Crippen molar-refractivity contribution >= 4 is 6.03 Å². The van der Waals surface area contributed by atoms with E-state index in [-0.39, 0.29) is 6.03 Å². The highest BCUT2D eigenvalue weighted by molar-refractivity contribution is 5.75. The van der Waals surface area contributed by atoms with Gasteiger partial charge in [0.05, 0.1) is 0 Å². The second kappa shape index (κ2) is 6.33. The lowest BCUT2D eigenvalue weighted by Crippen LogP contribution is -2.58. The number of urea groups is 1. The summed E-state index contributed by atoms with van der Waals surface area (Å²) < 4.78 is 0. The van der Waals surface area contributed by atoms with Crippen LogP contribution in [0.4, 0.5) is 4.79 Å². The summed E-state index contributed by atoms with van der Waals surface area (Å²) in [4.78, 5) is 17.2. The summed E-state index contributed by atoms with van der Waals surface area (Å²) in [5, 5.41) is 3.31. The van der Waals surface area contributed by atoms with Gasteiger partial charge < -0.3 is 15.1 Å². The summed E-state index contributed by atoms with van der Waals surface area (Å²) in [6.45, 7) is 3.26. The molecule has 0 spiro atoms. The summed E-state index contributed by atoms with van der Waals surface area (Å²) in [7, 11) is 2.21. The van der Waals surface area contributed by atoms with Crippen molar-refractivity contribution in [2.45, 2.75) is 63.5 Å². The third kappa shape index (κ3) is 3.11. The lowest BCUT2D eigenvalue weighted by atomic mass is 9.84. The van der Waals surface area contributed by atoms with Crippen LogP contribution in [-0.2, 0) is 0 Å². The predicted octanol–water partition coefficient (Wildman–Crippen LogP) is 2.44. The van der Waals surface area contributed by atoms with Gasteiger partial charge in [0, 0.05) is 25.2 Å². The molecule has 20 heavy (non-hydrogen) atoms. The highest BCUT2D eigenvalue weighted by Crippen LogP contribution is 2.30. The van der Waals surface area contributed by atoms with Crippen molar-refractivity contribution in [1.29, 1.82) is 0 Å². The first-order chi connectivity index (χ1) is 9.74. The van der Waals surface area contributed by atoms with Crippen molar-refractivity contribution in [2.75, 3.05) is 26.7 Å². The van der Waals surface area contributed by atoms with Gasteiger partial charge in [-0.15, -0.1) is 0 Å². The van der Waals surface area contributed by atoms with Gasteiger partial charge in [-0.1, -0.05) is 19.3 Å². The number of amides is 2. The van der Waals surface area contributed by atoms with E-state index in [2.05, 4.69) is 22.2 Å². The van der Waals surface area contributed by atoms with E-state index in [0.717, 1.165) is 26.1 Å². The van der Waals surface area contributed by atoms with Crippen molar-refractivity contribution in [2.24, 2.45) is 5.92 Å². The second-order valence-electron chi connectivity index (χ2n) is 7.00. The minimum absolute atomic E-state index is 0.219. The number of hydrogen-bond acceptors (Lipinski definition) is 2. The van der Waals surface area contributed by atoms with Crippen molar-refractivity contribution in [3.8, 4) is 0 Å². The first kappa shape index (κ1) is 14.2. The molecule has 114 valence electrons. The van der Waals surface area contributed by atoms with Crippen LogP contribution in [0, 0.1) is 5.92 Å². The molecule has 1 N–H and O–H groups in total. The van der Waals surface area contributed by atoms with E-state index in [1.165, 1.54) is 44.9 Å². The molecule has 0 aromatic rings. The quantitative estimate of drug-likeness (QED) is 0.800. The van der Waals surface area contributed by atoms with Crippen molar-refractivity contribution in [3.63, 3.8) is 0 Å². The molecular weight excluding hydrogens is 250 g/mol. The average Bonchev–Trinajstić information content (AvgIpc) is 2.47. The Morgan fingerprint density at radius 2 is 1.80 bits per heavy atom. The van der Waals surface area contributed by atoms with E-state index < -0.39 is 0 Å². The van der Waals surface area contributed by atoms with Gasteiger partial charge in [-0.25, -0.2) is 4.79 Å². The smallest absolute Gasteiger partial charge is 0.317 e. The maximum absolute atomic E-state index is 12.6. The third-order valence-corrected chi connectivity index (χ3v) is 5.46. The molecule has 2 amide bonds. The summed E-state index contributed by atoms with van der Waals surface area (Å²) in [6, 6.07) is 1.14. The van der Waals surface area contributed by atoms with Gasteiger partial charge in [0.25, 0.3) is 0 Å². The fraction of sp³-hybridized carbons (Fsp3) is 0.938. The Balaban J connectivity index is 1.58. The van der Waals surface area contributed by atoms with Gasteiger partial charge in [-0.2, -0.15) is 0 Å². The number of piperidine rings is 2. The molecule has 1 saturated carbocycles. The third-order valence-electron chi connectivity index (χ3n) is 5.46. The van der Waals surface area contributed by atoms with Crippen molar-refractivity contribution in [1.82, 2.24) is 15.1 Å². The summed E-state index contributed by atoms with van der Waals surface area (Å²) in [6.07, 6.45) is 9.87. The Bertz CT molecular complexity index is 341. The highest BCUT2D eigenvalue weighted by Gasteiger charge is 2.37. The predicted molar refractivity (Wildman–Crippen MR) is 80.7 cm³/mol.